The molecule has 0 aliphatic carbocycles. The summed E-state index contributed by atoms with van der Waals surface area (Å²) in [6.07, 6.45) is 1.57. The van der Waals surface area contributed by atoms with E-state index >= 15 is 0 Å². The lowest BCUT2D eigenvalue weighted by Gasteiger charge is -2.39. The van der Waals surface area contributed by atoms with E-state index in [1.807, 2.05) is 31.2 Å². The second-order valence-electron chi connectivity index (χ2n) is 7.29. The van der Waals surface area contributed by atoms with Crippen LogP contribution in [0.25, 0.3) is 27.3 Å². The number of anilines is 1. The van der Waals surface area contributed by atoms with Crippen molar-refractivity contribution in [1.29, 1.82) is 0 Å². The molecule has 29 heavy (non-hydrogen) atoms. The Kier molecular flexibility index (Phi) is 3.98. The molecule has 0 atom stereocenters. The Morgan fingerprint density at radius 3 is 2.59 bits per heavy atom. The third-order valence-corrected chi connectivity index (χ3v) is 5.36. The molecule has 0 saturated carbocycles. The van der Waals surface area contributed by atoms with Gasteiger partial charge in [0.1, 0.15) is 17.5 Å². The molecule has 0 bridgehead atoms. The first kappa shape index (κ1) is 17.3. The molecular formula is C22H19N7. The van der Waals surface area contributed by atoms with Crippen molar-refractivity contribution < 1.29 is 0 Å². The number of nitrogens with zero attached hydrogens (tertiary/aromatic N) is 7. The maximum Gasteiger partial charge on any atom is 0.205 e. The Morgan fingerprint density at radius 2 is 1.86 bits per heavy atom. The monoisotopic (exact) mass is 381 g/mol. The van der Waals surface area contributed by atoms with Gasteiger partial charge in [0.25, 0.3) is 0 Å². The summed E-state index contributed by atoms with van der Waals surface area (Å²) in [4.78, 5) is 24.0. The lowest BCUT2D eigenvalue weighted by molar-refractivity contribution is 0.485. The summed E-state index contributed by atoms with van der Waals surface area (Å²) in [6, 6.07) is 13.8. The maximum atomic E-state index is 7.06. The summed E-state index contributed by atoms with van der Waals surface area (Å²) < 4.78 is 2.19. The first-order valence-electron chi connectivity index (χ1n) is 9.48. The van der Waals surface area contributed by atoms with Gasteiger partial charge in [0.2, 0.25) is 5.69 Å². The number of imidazole rings is 1. The van der Waals surface area contributed by atoms with Crippen LogP contribution in [0.5, 0.6) is 0 Å². The third kappa shape index (κ3) is 2.99. The number of rotatable bonds is 3. The Balaban J connectivity index is 1.39. The molecule has 5 rings (SSSR count). The van der Waals surface area contributed by atoms with Crippen LogP contribution in [0.15, 0.2) is 48.7 Å². The Bertz CT molecular complexity index is 1240. The van der Waals surface area contributed by atoms with Gasteiger partial charge in [-0.15, -0.1) is 0 Å². The second-order valence-corrected chi connectivity index (χ2v) is 7.29. The molecule has 1 aliphatic heterocycles. The predicted molar refractivity (Wildman–Crippen MR) is 112 cm³/mol. The molecule has 4 aromatic rings. The van der Waals surface area contributed by atoms with Crippen LogP contribution < -0.4 is 4.90 Å². The van der Waals surface area contributed by atoms with Crippen molar-refractivity contribution in [1.82, 2.24) is 24.5 Å². The predicted octanol–water partition coefficient (Wildman–Crippen LogP) is 3.89. The number of aryl methyl sites for hydroxylation is 2. The molecule has 7 nitrogen and oxygen atoms in total. The molecule has 0 N–H and O–H groups in total. The summed E-state index contributed by atoms with van der Waals surface area (Å²) in [6.45, 7) is 10.7. The van der Waals surface area contributed by atoms with Crippen molar-refractivity contribution in [2.75, 3.05) is 18.0 Å². The number of fused-ring (bicyclic) bond motifs is 1. The van der Waals surface area contributed by atoms with Crippen molar-refractivity contribution in [3.63, 3.8) is 0 Å². The fraction of sp³-hybridized carbons (Fsp3) is 0.227. The van der Waals surface area contributed by atoms with Gasteiger partial charge in [-0.1, -0.05) is 18.2 Å². The second kappa shape index (κ2) is 6.67. The van der Waals surface area contributed by atoms with Crippen molar-refractivity contribution in [2.24, 2.45) is 7.05 Å². The number of hydrogen-bond acceptors (Lipinski definition) is 5. The van der Waals surface area contributed by atoms with Gasteiger partial charge >= 0.3 is 0 Å². The van der Waals surface area contributed by atoms with E-state index in [2.05, 4.69) is 48.4 Å². The first-order chi connectivity index (χ1) is 14.1. The molecule has 0 unspecified atom stereocenters. The molecule has 1 aromatic carbocycles. The average molecular weight is 381 g/mol. The fourth-order valence-electron chi connectivity index (χ4n) is 3.81. The van der Waals surface area contributed by atoms with Gasteiger partial charge in [0.05, 0.1) is 34.9 Å². The quantitative estimate of drug-likeness (QED) is 0.504. The molecule has 7 heteroatoms. The summed E-state index contributed by atoms with van der Waals surface area (Å²) >= 11 is 0. The van der Waals surface area contributed by atoms with Crippen LogP contribution in [0.2, 0.25) is 0 Å². The van der Waals surface area contributed by atoms with Crippen molar-refractivity contribution in [3.05, 3.63) is 71.7 Å². The van der Waals surface area contributed by atoms with Crippen molar-refractivity contribution in [3.8, 4) is 11.4 Å². The van der Waals surface area contributed by atoms with Crippen molar-refractivity contribution >= 4 is 22.5 Å². The van der Waals surface area contributed by atoms with Crippen LogP contribution in [0.1, 0.15) is 17.6 Å². The van der Waals surface area contributed by atoms with Gasteiger partial charge < -0.3 is 9.47 Å². The Labute approximate surface area is 168 Å². The highest BCUT2D eigenvalue weighted by molar-refractivity contribution is 5.76. The highest BCUT2D eigenvalue weighted by Gasteiger charge is 2.33. The van der Waals surface area contributed by atoms with E-state index in [-0.39, 0.29) is 0 Å². The molecule has 1 fully saturated rings. The van der Waals surface area contributed by atoms with E-state index < -0.39 is 0 Å². The normalized spacial score (nSPS) is 14.0. The lowest BCUT2D eigenvalue weighted by Crippen LogP contribution is -2.46. The minimum absolute atomic E-state index is 0.377. The topological polar surface area (TPSA) is 64.1 Å². The number of pyridine rings is 1. The van der Waals surface area contributed by atoms with Gasteiger partial charge in [0, 0.05) is 32.4 Å². The van der Waals surface area contributed by atoms with E-state index in [1.165, 1.54) is 0 Å². The zero-order chi connectivity index (χ0) is 20.0. The molecular weight excluding hydrogens is 362 g/mol. The van der Waals surface area contributed by atoms with E-state index in [0.717, 1.165) is 47.2 Å². The van der Waals surface area contributed by atoms with E-state index in [0.29, 0.717) is 17.4 Å². The number of para-hydroxylation sites is 2. The summed E-state index contributed by atoms with van der Waals surface area (Å²) in [5.74, 6) is 3.10. The summed E-state index contributed by atoms with van der Waals surface area (Å²) in [5, 5.41) is 0. The van der Waals surface area contributed by atoms with E-state index in [1.54, 1.807) is 12.3 Å². The van der Waals surface area contributed by atoms with Crippen LogP contribution in [0.4, 0.5) is 11.5 Å². The molecule has 1 saturated heterocycles. The number of hydrogen-bond donors (Lipinski definition) is 0. The van der Waals surface area contributed by atoms with Gasteiger partial charge in [0.15, 0.2) is 0 Å². The molecule has 0 amide bonds. The van der Waals surface area contributed by atoms with Crippen LogP contribution in [0, 0.1) is 13.5 Å². The third-order valence-electron chi connectivity index (χ3n) is 5.36. The zero-order valence-electron chi connectivity index (χ0n) is 16.2. The largest absolute Gasteiger partial charge is 0.355 e. The number of benzene rings is 1. The molecule has 1 aliphatic rings. The SMILES string of the molecule is [C-]#[N+]c1ccc(-c2cc(N3CC(c4nc5ccccc5n4C)C3)nc(C)n2)nc1. The van der Waals surface area contributed by atoms with Crippen LogP contribution in [-0.4, -0.2) is 37.6 Å². The highest BCUT2D eigenvalue weighted by atomic mass is 15.3. The summed E-state index contributed by atoms with van der Waals surface area (Å²) in [5.41, 5.74) is 4.24. The molecule has 0 spiro atoms. The van der Waals surface area contributed by atoms with E-state index in [4.69, 9.17) is 11.6 Å². The average Bonchev–Trinajstić information content (AvgIpc) is 3.03. The summed E-state index contributed by atoms with van der Waals surface area (Å²) in [7, 11) is 2.08. The van der Waals surface area contributed by atoms with Crippen LogP contribution >= 0.6 is 0 Å². The van der Waals surface area contributed by atoms with Crippen molar-refractivity contribution in [2.45, 2.75) is 12.8 Å². The lowest BCUT2D eigenvalue weighted by atomic mass is 9.99. The Morgan fingerprint density at radius 1 is 1.03 bits per heavy atom. The maximum absolute atomic E-state index is 7.06. The minimum atomic E-state index is 0.377. The first-order valence-corrected chi connectivity index (χ1v) is 9.48. The fourth-order valence-corrected chi connectivity index (χ4v) is 3.81. The smallest absolute Gasteiger partial charge is 0.205 e. The zero-order valence-corrected chi connectivity index (χ0v) is 16.2. The van der Waals surface area contributed by atoms with Gasteiger partial charge in [-0.2, -0.15) is 0 Å². The van der Waals surface area contributed by atoms with E-state index in [9.17, 15) is 0 Å². The standard InChI is InChI=1S/C22H19N7/c1-14-25-19(17-9-8-16(23-2)11-24-17)10-21(26-14)29-12-15(13-29)22-27-18-6-4-5-7-20(18)28(22)3/h4-11,15H,12-13H2,1,3H3. The van der Waals surface area contributed by atoms with Gasteiger partial charge in [-0.05, 0) is 25.1 Å². The van der Waals surface area contributed by atoms with Gasteiger partial charge in [-0.3, -0.25) is 4.98 Å². The Hall–Kier alpha value is -3.79. The van der Waals surface area contributed by atoms with Crippen LogP contribution in [-0.2, 0) is 7.05 Å². The highest BCUT2D eigenvalue weighted by Crippen LogP contribution is 2.33. The minimum Gasteiger partial charge on any atom is -0.355 e. The number of aromatic nitrogens is 5. The molecule has 0 radical (unpaired) electrons. The molecule has 3 aromatic heterocycles. The van der Waals surface area contributed by atoms with Gasteiger partial charge in [-0.25, -0.2) is 19.8 Å². The van der Waals surface area contributed by atoms with Crippen LogP contribution in [0.3, 0.4) is 0 Å². The molecule has 4 heterocycles. The molecule has 142 valence electrons.